The van der Waals surface area contributed by atoms with Crippen LogP contribution >= 0.6 is 11.3 Å². The number of para-hydroxylation sites is 1. The Hall–Kier alpha value is -1.88. The van der Waals surface area contributed by atoms with Gasteiger partial charge in [-0.05, 0) is 26.0 Å². The molecule has 20 heavy (non-hydrogen) atoms. The Morgan fingerprint density at radius 1 is 1.30 bits per heavy atom. The molecule has 0 saturated carbocycles. The van der Waals surface area contributed by atoms with E-state index in [9.17, 15) is 4.79 Å². The molecule has 1 aliphatic rings. The van der Waals surface area contributed by atoms with Crippen molar-refractivity contribution in [2.24, 2.45) is 0 Å². The third-order valence-electron chi connectivity index (χ3n) is 3.25. The summed E-state index contributed by atoms with van der Waals surface area (Å²) < 4.78 is 11.1. The first-order chi connectivity index (χ1) is 9.65. The zero-order valence-corrected chi connectivity index (χ0v) is 12.3. The quantitative estimate of drug-likeness (QED) is 0.815. The number of ether oxygens (including phenoxy) is 2. The molecule has 0 radical (unpaired) electrons. The first kappa shape index (κ1) is 13.1. The lowest BCUT2D eigenvalue weighted by molar-refractivity contribution is 0.0981. The van der Waals surface area contributed by atoms with E-state index in [2.05, 4.69) is 4.98 Å². The minimum absolute atomic E-state index is 0.0149. The van der Waals surface area contributed by atoms with E-state index >= 15 is 0 Å². The van der Waals surface area contributed by atoms with Crippen molar-refractivity contribution in [2.75, 3.05) is 13.2 Å². The number of ketones is 1. The number of rotatable bonds is 3. The summed E-state index contributed by atoms with van der Waals surface area (Å²) >= 11 is 1.57. The maximum Gasteiger partial charge on any atom is 0.173 e. The Morgan fingerprint density at radius 2 is 2.10 bits per heavy atom. The van der Waals surface area contributed by atoms with Crippen LogP contribution in [0.5, 0.6) is 11.5 Å². The summed E-state index contributed by atoms with van der Waals surface area (Å²) in [4.78, 5) is 18.0. The molecule has 0 bridgehead atoms. The molecule has 2 heterocycles. The third-order valence-corrected chi connectivity index (χ3v) is 4.32. The summed E-state index contributed by atoms with van der Waals surface area (Å²) in [5, 5.41) is 0.847. The maximum atomic E-state index is 12.4. The molecule has 104 valence electrons. The monoisotopic (exact) mass is 289 g/mol. The van der Waals surface area contributed by atoms with Crippen LogP contribution in [0, 0.1) is 13.8 Å². The number of thiazole rings is 1. The lowest BCUT2D eigenvalue weighted by Gasteiger charge is -2.20. The number of Topliss-reactive ketones (excluding diaryl/α,β-unsaturated/α-hetero) is 1. The number of carbonyl (C=O) groups is 1. The second-order valence-electron chi connectivity index (χ2n) is 4.68. The van der Waals surface area contributed by atoms with Gasteiger partial charge in [0.15, 0.2) is 17.3 Å². The van der Waals surface area contributed by atoms with Crippen LogP contribution in [0.25, 0.3) is 0 Å². The highest BCUT2D eigenvalue weighted by molar-refractivity contribution is 7.11. The molecule has 4 nitrogen and oxygen atoms in total. The lowest BCUT2D eigenvalue weighted by atomic mass is 10.1. The average Bonchev–Trinajstić information content (AvgIpc) is 2.76. The fourth-order valence-corrected chi connectivity index (χ4v) is 3.07. The van der Waals surface area contributed by atoms with E-state index in [1.807, 2.05) is 26.0 Å². The molecule has 2 aromatic rings. The van der Waals surface area contributed by atoms with Gasteiger partial charge in [-0.3, -0.25) is 4.79 Å². The fraction of sp³-hybridized carbons (Fsp3) is 0.333. The maximum absolute atomic E-state index is 12.4. The van der Waals surface area contributed by atoms with Gasteiger partial charge in [0.2, 0.25) is 0 Å². The molecule has 0 fully saturated rings. The number of aryl methyl sites for hydroxylation is 2. The Bertz CT molecular complexity index is 644. The Morgan fingerprint density at radius 3 is 2.85 bits per heavy atom. The van der Waals surface area contributed by atoms with Gasteiger partial charge in [-0.1, -0.05) is 6.07 Å². The van der Waals surface area contributed by atoms with E-state index in [1.165, 1.54) is 0 Å². The van der Waals surface area contributed by atoms with Gasteiger partial charge in [-0.2, -0.15) is 0 Å². The zero-order valence-electron chi connectivity index (χ0n) is 11.4. The number of aromatic nitrogens is 1. The summed E-state index contributed by atoms with van der Waals surface area (Å²) in [7, 11) is 0. The smallest absolute Gasteiger partial charge is 0.173 e. The zero-order chi connectivity index (χ0) is 14.1. The second kappa shape index (κ2) is 5.25. The van der Waals surface area contributed by atoms with Crippen molar-refractivity contribution in [3.63, 3.8) is 0 Å². The molecule has 0 unspecified atom stereocenters. The largest absolute Gasteiger partial charge is 0.486 e. The molecule has 0 aliphatic carbocycles. The Balaban J connectivity index is 1.87. The van der Waals surface area contributed by atoms with Crippen LogP contribution in [-0.4, -0.2) is 24.0 Å². The number of hydrogen-bond donors (Lipinski definition) is 0. The van der Waals surface area contributed by atoms with Crippen molar-refractivity contribution < 1.29 is 14.3 Å². The summed E-state index contributed by atoms with van der Waals surface area (Å²) in [6.45, 7) is 4.98. The number of fused-ring (bicyclic) bond motifs is 1. The van der Waals surface area contributed by atoms with Gasteiger partial charge in [0.05, 0.1) is 17.7 Å². The predicted molar refractivity (Wildman–Crippen MR) is 77.1 cm³/mol. The highest BCUT2D eigenvalue weighted by Gasteiger charge is 2.21. The predicted octanol–water partition coefficient (Wildman–Crippen LogP) is 2.96. The number of carbonyl (C=O) groups excluding carboxylic acids is 1. The molecule has 5 heteroatoms. The minimum atomic E-state index is 0.0149. The first-order valence-electron chi connectivity index (χ1n) is 6.50. The van der Waals surface area contributed by atoms with Gasteiger partial charge in [0.25, 0.3) is 0 Å². The van der Waals surface area contributed by atoms with Crippen molar-refractivity contribution in [3.05, 3.63) is 39.3 Å². The van der Waals surface area contributed by atoms with Crippen LogP contribution in [0.15, 0.2) is 18.2 Å². The van der Waals surface area contributed by atoms with Crippen LogP contribution < -0.4 is 9.47 Å². The van der Waals surface area contributed by atoms with Crippen LogP contribution in [0.3, 0.4) is 0 Å². The topological polar surface area (TPSA) is 48.4 Å². The second-order valence-corrected chi connectivity index (χ2v) is 5.97. The minimum Gasteiger partial charge on any atom is -0.486 e. The normalized spacial score (nSPS) is 13.3. The van der Waals surface area contributed by atoms with E-state index in [4.69, 9.17) is 9.47 Å². The Labute approximate surface area is 121 Å². The van der Waals surface area contributed by atoms with E-state index < -0.39 is 0 Å². The summed E-state index contributed by atoms with van der Waals surface area (Å²) in [5.41, 5.74) is 1.57. The molecule has 0 N–H and O–H groups in total. The van der Waals surface area contributed by atoms with E-state index in [-0.39, 0.29) is 5.78 Å². The number of hydrogen-bond acceptors (Lipinski definition) is 5. The van der Waals surface area contributed by atoms with Crippen LogP contribution in [0.1, 0.15) is 25.9 Å². The highest BCUT2D eigenvalue weighted by Crippen LogP contribution is 2.34. The van der Waals surface area contributed by atoms with Crippen LogP contribution in [0.4, 0.5) is 0 Å². The van der Waals surface area contributed by atoms with Crippen LogP contribution in [-0.2, 0) is 6.42 Å². The highest BCUT2D eigenvalue weighted by atomic mass is 32.1. The number of benzene rings is 1. The molecule has 1 aromatic carbocycles. The Kier molecular flexibility index (Phi) is 3.44. The molecule has 1 aromatic heterocycles. The van der Waals surface area contributed by atoms with Crippen molar-refractivity contribution in [1.29, 1.82) is 0 Å². The van der Waals surface area contributed by atoms with Gasteiger partial charge in [-0.15, -0.1) is 11.3 Å². The average molecular weight is 289 g/mol. The molecule has 0 atom stereocenters. The fourth-order valence-electron chi connectivity index (χ4n) is 2.14. The van der Waals surface area contributed by atoms with Gasteiger partial charge < -0.3 is 9.47 Å². The van der Waals surface area contributed by atoms with Crippen LogP contribution in [0.2, 0.25) is 0 Å². The SMILES string of the molecule is Cc1nc(CC(=O)c2cccc3c2OCCO3)sc1C. The molecular weight excluding hydrogens is 274 g/mol. The summed E-state index contributed by atoms with van der Waals surface area (Å²) in [5.74, 6) is 1.23. The van der Waals surface area contributed by atoms with E-state index in [0.717, 1.165) is 15.6 Å². The van der Waals surface area contributed by atoms with Crippen molar-refractivity contribution in [2.45, 2.75) is 20.3 Å². The first-order valence-corrected chi connectivity index (χ1v) is 7.31. The lowest BCUT2D eigenvalue weighted by Crippen LogP contribution is -2.18. The molecule has 1 aliphatic heterocycles. The number of nitrogens with zero attached hydrogens (tertiary/aromatic N) is 1. The third kappa shape index (κ3) is 2.41. The van der Waals surface area contributed by atoms with Crippen molar-refractivity contribution in [3.8, 4) is 11.5 Å². The van der Waals surface area contributed by atoms with Crippen molar-refractivity contribution >= 4 is 17.1 Å². The molecule has 0 amide bonds. The molecule has 0 spiro atoms. The molecule has 0 saturated heterocycles. The standard InChI is InChI=1S/C15H15NO3S/c1-9-10(2)20-14(16-9)8-12(17)11-4-3-5-13-15(11)19-7-6-18-13/h3-5H,6-8H2,1-2H3. The van der Waals surface area contributed by atoms with Gasteiger partial charge >= 0.3 is 0 Å². The van der Waals surface area contributed by atoms with E-state index in [0.29, 0.717) is 36.7 Å². The van der Waals surface area contributed by atoms with E-state index in [1.54, 1.807) is 17.4 Å². The molecule has 3 rings (SSSR count). The summed E-state index contributed by atoms with van der Waals surface area (Å²) in [6.07, 6.45) is 0.305. The van der Waals surface area contributed by atoms with Gasteiger partial charge in [0.1, 0.15) is 18.2 Å². The molecular formula is C15H15NO3S. The van der Waals surface area contributed by atoms with Gasteiger partial charge in [-0.25, -0.2) is 4.98 Å². The van der Waals surface area contributed by atoms with Crippen molar-refractivity contribution in [1.82, 2.24) is 4.98 Å². The summed E-state index contributed by atoms with van der Waals surface area (Å²) in [6, 6.07) is 5.42. The van der Waals surface area contributed by atoms with Gasteiger partial charge in [0, 0.05) is 4.88 Å².